The van der Waals surface area contributed by atoms with Gasteiger partial charge in [0.15, 0.2) is 0 Å². The molecule has 112 valence electrons. The number of ether oxygens (including phenoxy) is 1. The highest BCUT2D eigenvalue weighted by Gasteiger charge is 2.15. The van der Waals surface area contributed by atoms with Gasteiger partial charge in [-0.1, -0.05) is 6.07 Å². The number of hydrogen-bond donors (Lipinski definition) is 1. The summed E-state index contributed by atoms with van der Waals surface area (Å²) < 4.78 is 6.58. The maximum atomic E-state index is 12.3. The second kappa shape index (κ2) is 5.06. The third-order valence-corrected chi connectivity index (χ3v) is 3.46. The van der Waals surface area contributed by atoms with Gasteiger partial charge < -0.3 is 4.74 Å². The lowest BCUT2D eigenvalue weighted by Crippen LogP contribution is -2.25. The van der Waals surface area contributed by atoms with E-state index in [0.29, 0.717) is 11.4 Å². The van der Waals surface area contributed by atoms with E-state index in [-0.39, 0.29) is 5.56 Å². The Balaban J connectivity index is 1.71. The number of nitrogens with one attached hydrogen (secondary N) is 1. The molecule has 0 radical (unpaired) electrons. The first-order valence-corrected chi connectivity index (χ1v) is 6.84. The first kappa shape index (κ1) is 13.2. The first-order valence-electron chi connectivity index (χ1n) is 6.84. The molecule has 4 rings (SSSR count). The van der Waals surface area contributed by atoms with Crippen LogP contribution in [0.1, 0.15) is 10.4 Å². The van der Waals surface area contributed by atoms with Crippen LogP contribution in [0.15, 0.2) is 59.8 Å². The fraction of sp³-hybridized carbons (Fsp3) is 0. The molecule has 7 nitrogen and oxygen atoms in total. The number of esters is 1. The molecule has 0 saturated carbocycles. The largest absolute Gasteiger partial charge is 0.423 e. The van der Waals surface area contributed by atoms with Gasteiger partial charge in [0, 0.05) is 17.8 Å². The van der Waals surface area contributed by atoms with Gasteiger partial charge in [-0.25, -0.2) is 9.78 Å². The molecule has 0 atom stereocenters. The van der Waals surface area contributed by atoms with Crippen molar-refractivity contribution in [3.63, 3.8) is 0 Å². The van der Waals surface area contributed by atoms with E-state index in [4.69, 9.17) is 4.74 Å². The Bertz CT molecular complexity index is 1100. The molecular weight excluding hydrogens is 296 g/mol. The second-order valence-corrected chi connectivity index (χ2v) is 4.91. The lowest BCUT2D eigenvalue weighted by atomic mass is 10.2. The number of carbonyl (C=O) groups is 1. The molecule has 0 bridgehead atoms. The van der Waals surface area contributed by atoms with Crippen LogP contribution in [0.25, 0.3) is 16.6 Å². The van der Waals surface area contributed by atoms with Crippen LogP contribution in [0, 0.1) is 0 Å². The van der Waals surface area contributed by atoms with Gasteiger partial charge in [-0.15, -0.1) is 0 Å². The van der Waals surface area contributed by atoms with Crippen LogP contribution in [0.3, 0.4) is 0 Å². The van der Waals surface area contributed by atoms with Crippen molar-refractivity contribution in [2.45, 2.75) is 0 Å². The van der Waals surface area contributed by atoms with Crippen molar-refractivity contribution < 1.29 is 9.53 Å². The highest BCUT2D eigenvalue weighted by Crippen LogP contribution is 2.19. The summed E-state index contributed by atoms with van der Waals surface area (Å²) in [5.74, 6) is -0.412. The van der Waals surface area contributed by atoms with Crippen LogP contribution in [0.4, 0.5) is 0 Å². The molecule has 1 N–H and O–H groups in total. The number of benzene rings is 1. The van der Waals surface area contributed by atoms with Crippen molar-refractivity contribution in [3.8, 4) is 5.75 Å². The molecule has 3 heterocycles. The molecule has 0 saturated heterocycles. The quantitative estimate of drug-likeness (QED) is 0.450. The standard InChI is InChI=1S/C16H10N4O3/c21-15-12(9-17-14-3-1-2-6-20(14)15)16(22)23-11-4-5-13-10(7-11)8-18-19-13/h1-9H,(H,18,19). The van der Waals surface area contributed by atoms with Crippen LogP contribution in [0.2, 0.25) is 0 Å². The summed E-state index contributed by atoms with van der Waals surface area (Å²) in [5.41, 5.74) is 0.706. The molecule has 1 aromatic carbocycles. The van der Waals surface area contributed by atoms with E-state index in [1.165, 1.54) is 10.6 Å². The van der Waals surface area contributed by atoms with Crippen LogP contribution in [-0.4, -0.2) is 25.6 Å². The monoisotopic (exact) mass is 306 g/mol. The topological polar surface area (TPSA) is 89.3 Å². The zero-order chi connectivity index (χ0) is 15.8. The van der Waals surface area contributed by atoms with Gasteiger partial charge >= 0.3 is 5.97 Å². The Kier molecular flexibility index (Phi) is 2.90. The summed E-state index contributed by atoms with van der Waals surface area (Å²) in [6.45, 7) is 0. The highest BCUT2D eigenvalue weighted by atomic mass is 16.5. The first-order chi connectivity index (χ1) is 11.2. The number of rotatable bonds is 2. The second-order valence-electron chi connectivity index (χ2n) is 4.91. The third-order valence-electron chi connectivity index (χ3n) is 3.46. The van der Waals surface area contributed by atoms with E-state index >= 15 is 0 Å². The molecule has 0 unspecified atom stereocenters. The molecule has 0 spiro atoms. The van der Waals surface area contributed by atoms with Crippen molar-refractivity contribution in [1.29, 1.82) is 0 Å². The normalized spacial score (nSPS) is 11.0. The van der Waals surface area contributed by atoms with E-state index in [1.807, 2.05) is 0 Å². The number of pyridine rings is 1. The van der Waals surface area contributed by atoms with Gasteiger partial charge in [-0.2, -0.15) is 5.10 Å². The van der Waals surface area contributed by atoms with Gasteiger partial charge in [-0.3, -0.25) is 14.3 Å². The van der Waals surface area contributed by atoms with E-state index in [0.717, 1.165) is 10.9 Å². The summed E-state index contributed by atoms with van der Waals surface area (Å²) in [6.07, 6.45) is 4.41. The van der Waals surface area contributed by atoms with Crippen LogP contribution < -0.4 is 10.3 Å². The number of carbonyl (C=O) groups excluding carboxylic acids is 1. The molecular formula is C16H10N4O3. The van der Waals surface area contributed by atoms with Crippen LogP contribution in [-0.2, 0) is 0 Å². The minimum Gasteiger partial charge on any atom is -0.423 e. The van der Waals surface area contributed by atoms with Crippen molar-refractivity contribution in [2.24, 2.45) is 0 Å². The van der Waals surface area contributed by atoms with Crippen LogP contribution in [0.5, 0.6) is 5.75 Å². The fourth-order valence-electron chi connectivity index (χ4n) is 2.31. The summed E-state index contributed by atoms with van der Waals surface area (Å²) in [5, 5.41) is 7.52. The zero-order valence-electron chi connectivity index (χ0n) is 11.8. The van der Waals surface area contributed by atoms with Crippen molar-refractivity contribution in [3.05, 3.63) is 70.9 Å². The van der Waals surface area contributed by atoms with Gasteiger partial charge in [0.2, 0.25) is 0 Å². The lowest BCUT2D eigenvalue weighted by Gasteiger charge is -2.05. The number of hydrogen-bond acceptors (Lipinski definition) is 5. The number of aromatic nitrogens is 4. The minimum atomic E-state index is -0.747. The van der Waals surface area contributed by atoms with Crippen molar-refractivity contribution >= 4 is 22.5 Å². The number of H-pyrrole nitrogens is 1. The number of aromatic amines is 1. The van der Waals surface area contributed by atoms with Gasteiger partial charge in [0.25, 0.3) is 5.56 Å². The Morgan fingerprint density at radius 1 is 1.17 bits per heavy atom. The Morgan fingerprint density at radius 2 is 2.09 bits per heavy atom. The predicted molar refractivity (Wildman–Crippen MR) is 82.5 cm³/mol. The average molecular weight is 306 g/mol. The van der Waals surface area contributed by atoms with Crippen molar-refractivity contribution in [1.82, 2.24) is 19.6 Å². The predicted octanol–water partition coefficient (Wildman–Crippen LogP) is 1.79. The molecule has 23 heavy (non-hydrogen) atoms. The molecule has 3 aromatic heterocycles. The van der Waals surface area contributed by atoms with Gasteiger partial charge in [0.05, 0.1) is 11.7 Å². The van der Waals surface area contributed by atoms with Crippen LogP contribution >= 0.6 is 0 Å². The SMILES string of the molecule is O=C(Oc1ccc2[nH]ncc2c1)c1cnc2ccccn2c1=O. The maximum absolute atomic E-state index is 12.3. The fourth-order valence-corrected chi connectivity index (χ4v) is 2.31. The Labute approximate surface area is 129 Å². The van der Waals surface area contributed by atoms with E-state index in [9.17, 15) is 9.59 Å². The van der Waals surface area contributed by atoms with Gasteiger partial charge in [-0.05, 0) is 30.3 Å². The highest BCUT2D eigenvalue weighted by molar-refractivity contribution is 5.91. The Hall–Kier alpha value is -3.48. The van der Waals surface area contributed by atoms with E-state index in [2.05, 4.69) is 15.2 Å². The van der Waals surface area contributed by atoms with Crippen molar-refractivity contribution in [2.75, 3.05) is 0 Å². The minimum absolute atomic E-state index is 0.124. The smallest absolute Gasteiger partial charge is 0.350 e. The molecule has 0 aliphatic rings. The molecule has 0 fully saturated rings. The lowest BCUT2D eigenvalue weighted by molar-refractivity contribution is 0.0732. The third kappa shape index (κ3) is 2.24. The molecule has 0 amide bonds. The number of nitrogens with zero attached hydrogens (tertiary/aromatic N) is 3. The summed E-state index contributed by atoms with van der Waals surface area (Å²) in [6, 6.07) is 10.2. The average Bonchev–Trinajstić information content (AvgIpc) is 3.03. The van der Waals surface area contributed by atoms with E-state index in [1.54, 1.807) is 48.8 Å². The van der Waals surface area contributed by atoms with Gasteiger partial charge in [0.1, 0.15) is 17.0 Å². The Morgan fingerprint density at radius 3 is 3.00 bits per heavy atom. The number of fused-ring (bicyclic) bond motifs is 2. The molecule has 0 aliphatic carbocycles. The molecule has 7 heteroatoms. The summed E-state index contributed by atoms with van der Waals surface area (Å²) in [7, 11) is 0. The molecule has 0 aliphatic heterocycles. The summed E-state index contributed by atoms with van der Waals surface area (Å²) in [4.78, 5) is 28.7. The maximum Gasteiger partial charge on any atom is 0.350 e. The molecule has 4 aromatic rings. The van der Waals surface area contributed by atoms with E-state index < -0.39 is 11.5 Å². The summed E-state index contributed by atoms with van der Waals surface area (Å²) >= 11 is 0. The zero-order valence-corrected chi connectivity index (χ0v) is 11.8.